The summed E-state index contributed by atoms with van der Waals surface area (Å²) in [6.45, 7) is 1.53. The first-order valence-corrected chi connectivity index (χ1v) is 12.0. The summed E-state index contributed by atoms with van der Waals surface area (Å²) in [5, 5.41) is 6.81. The van der Waals surface area contributed by atoms with Crippen LogP contribution in [-0.2, 0) is 0 Å². The third-order valence-electron chi connectivity index (χ3n) is 8.04. The van der Waals surface area contributed by atoms with Crippen molar-refractivity contribution in [2.24, 2.45) is 17.8 Å². The molecule has 2 N–H and O–H groups in total. The van der Waals surface area contributed by atoms with Gasteiger partial charge in [0.25, 0.3) is 5.91 Å². The predicted molar refractivity (Wildman–Crippen MR) is 131 cm³/mol. The fourth-order valence-corrected chi connectivity index (χ4v) is 6.64. The quantitative estimate of drug-likeness (QED) is 0.463. The molecule has 2 saturated carbocycles. The molecular weight excluding hydrogens is 408 g/mol. The monoisotopic (exact) mass is 436 g/mol. The van der Waals surface area contributed by atoms with Gasteiger partial charge in [0.1, 0.15) is 0 Å². The van der Waals surface area contributed by atoms with Gasteiger partial charge in [0.05, 0.1) is 6.04 Å². The van der Waals surface area contributed by atoms with Crippen LogP contribution in [0.25, 0.3) is 0 Å². The molecule has 0 radical (unpaired) electrons. The third kappa shape index (κ3) is 3.45. The maximum atomic E-state index is 13.1. The van der Waals surface area contributed by atoms with Crippen molar-refractivity contribution >= 4 is 23.1 Å². The minimum atomic E-state index is -0.136. The third-order valence-corrected chi connectivity index (χ3v) is 8.04. The van der Waals surface area contributed by atoms with Crippen LogP contribution in [0.4, 0.5) is 11.4 Å². The van der Waals surface area contributed by atoms with Gasteiger partial charge in [0.15, 0.2) is 5.78 Å². The number of amides is 1. The van der Waals surface area contributed by atoms with E-state index < -0.39 is 0 Å². The fraction of sp³-hybridized carbons (Fsp3) is 0.310. The number of hydrogen-bond acceptors (Lipinski definition) is 3. The molecule has 3 aromatic rings. The van der Waals surface area contributed by atoms with Crippen LogP contribution in [-0.4, -0.2) is 11.7 Å². The zero-order valence-corrected chi connectivity index (χ0v) is 18.8. The molecule has 6 rings (SSSR count). The number of carbonyl (C=O) groups is 2. The lowest BCUT2D eigenvalue weighted by Gasteiger charge is -2.43. The second-order valence-corrected chi connectivity index (χ2v) is 9.86. The lowest BCUT2D eigenvalue weighted by Crippen LogP contribution is -2.35. The Morgan fingerprint density at radius 1 is 0.879 bits per heavy atom. The smallest absolute Gasteiger partial charge is 0.255 e. The van der Waals surface area contributed by atoms with E-state index in [0.29, 0.717) is 40.6 Å². The summed E-state index contributed by atoms with van der Waals surface area (Å²) in [6.07, 6.45) is 3.91. The van der Waals surface area contributed by atoms with Crippen LogP contribution in [0.15, 0.2) is 72.8 Å². The second kappa shape index (κ2) is 7.87. The average molecular weight is 437 g/mol. The normalized spacial score (nSPS) is 26.8. The number of rotatable bonds is 4. The lowest BCUT2D eigenvalue weighted by atomic mass is 9.68. The molecule has 2 bridgehead atoms. The summed E-state index contributed by atoms with van der Waals surface area (Å²) in [6, 6.07) is 24.3. The molecule has 2 fully saturated rings. The Balaban J connectivity index is 1.33. The maximum absolute atomic E-state index is 13.1. The Kier molecular flexibility index (Phi) is 4.83. The zero-order chi connectivity index (χ0) is 22.5. The van der Waals surface area contributed by atoms with Crippen LogP contribution in [0, 0.1) is 17.8 Å². The van der Waals surface area contributed by atoms with Gasteiger partial charge in [0.2, 0.25) is 0 Å². The molecule has 3 aromatic carbocycles. The van der Waals surface area contributed by atoms with Crippen molar-refractivity contribution in [3.63, 3.8) is 0 Å². The Morgan fingerprint density at radius 2 is 1.70 bits per heavy atom. The van der Waals surface area contributed by atoms with Gasteiger partial charge in [-0.2, -0.15) is 0 Å². The van der Waals surface area contributed by atoms with Crippen molar-refractivity contribution in [2.75, 3.05) is 10.6 Å². The first kappa shape index (κ1) is 20.2. The molecule has 33 heavy (non-hydrogen) atoms. The highest BCUT2D eigenvalue weighted by Gasteiger charge is 2.53. The number of hydrogen-bond donors (Lipinski definition) is 2. The summed E-state index contributed by atoms with van der Waals surface area (Å²) >= 11 is 0. The van der Waals surface area contributed by atoms with Gasteiger partial charge < -0.3 is 10.6 Å². The highest BCUT2D eigenvalue weighted by molar-refractivity contribution is 6.05. The number of benzene rings is 3. The number of carbonyl (C=O) groups excluding carboxylic acids is 2. The largest absolute Gasteiger partial charge is 0.378 e. The Hall–Kier alpha value is -3.40. The number of anilines is 2. The van der Waals surface area contributed by atoms with Crippen LogP contribution < -0.4 is 10.6 Å². The lowest BCUT2D eigenvalue weighted by molar-refractivity contribution is 0.101. The van der Waals surface area contributed by atoms with Crippen LogP contribution in [0.3, 0.4) is 0 Å². The zero-order valence-electron chi connectivity index (χ0n) is 18.8. The highest BCUT2D eigenvalue weighted by Crippen LogP contribution is 2.63. The van der Waals surface area contributed by atoms with Gasteiger partial charge in [-0.1, -0.05) is 42.5 Å². The van der Waals surface area contributed by atoms with Crippen molar-refractivity contribution in [1.82, 2.24) is 0 Å². The van der Waals surface area contributed by atoms with Crippen molar-refractivity contribution in [1.29, 1.82) is 0 Å². The average Bonchev–Trinajstić information content (AvgIpc) is 3.47. The van der Waals surface area contributed by atoms with Crippen molar-refractivity contribution in [2.45, 2.75) is 38.1 Å². The van der Waals surface area contributed by atoms with Gasteiger partial charge in [-0.05, 0) is 91.3 Å². The molecule has 2 aliphatic carbocycles. The van der Waals surface area contributed by atoms with Gasteiger partial charge in [-0.25, -0.2) is 0 Å². The predicted octanol–water partition coefficient (Wildman–Crippen LogP) is 6.44. The van der Waals surface area contributed by atoms with Gasteiger partial charge >= 0.3 is 0 Å². The van der Waals surface area contributed by atoms with Crippen molar-refractivity contribution in [3.05, 3.63) is 95.1 Å². The molecule has 1 amide bonds. The van der Waals surface area contributed by atoms with E-state index in [1.165, 1.54) is 37.3 Å². The van der Waals surface area contributed by atoms with E-state index in [4.69, 9.17) is 0 Å². The van der Waals surface area contributed by atoms with Gasteiger partial charge in [-0.15, -0.1) is 0 Å². The minimum absolute atomic E-state index is 0.0127. The summed E-state index contributed by atoms with van der Waals surface area (Å²) < 4.78 is 0. The van der Waals surface area contributed by atoms with Crippen molar-refractivity contribution in [3.8, 4) is 0 Å². The summed E-state index contributed by atoms with van der Waals surface area (Å²) in [5.41, 5.74) is 5.73. The molecule has 4 heteroatoms. The van der Waals surface area contributed by atoms with Crippen LogP contribution >= 0.6 is 0 Å². The van der Waals surface area contributed by atoms with E-state index >= 15 is 0 Å². The molecule has 5 atom stereocenters. The summed E-state index contributed by atoms with van der Waals surface area (Å²) in [5.74, 6) is 2.38. The molecule has 1 heterocycles. The molecule has 0 unspecified atom stereocenters. The number of ketones is 1. The summed E-state index contributed by atoms with van der Waals surface area (Å²) in [4.78, 5) is 24.8. The first-order valence-electron chi connectivity index (χ1n) is 12.0. The van der Waals surface area contributed by atoms with E-state index in [2.05, 4.69) is 53.1 Å². The SMILES string of the molecule is CC(=O)c1cccc(NC(=O)c2ccc3c(c2)[C@@H]2[C@@H]4CC[C@@H](C4)[C@@H]2[C@H](c2ccccc2)N3)c1. The van der Waals surface area contributed by atoms with Crippen LogP contribution in [0.5, 0.6) is 0 Å². The Labute approximate surface area is 194 Å². The molecule has 0 saturated heterocycles. The topological polar surface area (TPSA) is 58.2 Å². The second-order valence-electron chi connectivity index (χ2n) is 9.86. The van der Waals surface area contributed by atoms with E-state index in [1.807, 2.05) is 12.1 Å². The number of Topliss-reactive ketones (excluding diaryl/α,β-unsaturated/α-hetero) is 1. The van der Waals surface area contributed by atoms with Gasteiger partial charge in [0, 0.05) is 22.5 Å². The Morgan fingerprint density at radius 3 is 2.52 bits per heavy atom. The molecule has 4 nitrogen and oxygen atoms in total. The van der Waals surface area contributed by atoms with E-state index in [9.17, 15) is 9.59 Å². The van der Waals surface area contributed by atoms with E-state index in [1.54, 1.807) is 18.2 Å². The van der Waals surface area contributed by atoms with E-state index in [0.717, 1.165) is 11.6 Å². The first-order chi connectivity index (χ1) is 16.1. The standard InChI is InChI=1S/C29H28N2O2/c1-17(32)19-8-5-9-23(15-19)30-29(33)22-12-13-25-24(16-22)26-20-10-11-21(14-20)27(26)28(31-25)18-6-3-2-4-7-18/h2-9,12-13,15-16,20-21,26-28,31H,10-11,14H2,1H3,(H,30,33)/t20-,21+,26+,27+,28+/m1/s1. The van der Waals surface area contributed by atoms with Crippen LogP contribution in [0.2, 0.25) is 0 Å². The van der Waals surface area contributed by atoms with Gasteiger partial charge in [-0.3, -0.25) is 9.59 Å². The van der Waals surface area contributed by atoms with Crippen molar-refractivity contribution < 1.29 is 9.59 Å². The van der Waals surface area contributed by atoms with Crippen LogP contribution in [0.1, 0.15) is 70.0 Å². The molecular formula is C29H28N2O2. The number of fused-ring (bicyclic) bond motifs is 7. The number of nitrogens with one attached hydrogen (secondary N) is 2. The fourth-order valence-electron chi connectivity index (χ4n) is 6.64. The molecule has 0 aromatic heterocycles. The minimum Gasteiger partial charge on any atom is -0.378 e. The molecule has 166 valence electrons. The maximum Gasteiger partial charge on any atom is 0.255 e. The Bertz CT molecular complexity index is 1240. The molecule has 1 aliphatic heterocycles. The molecule has 0 spiro atoms. The van der Waals surface area contributed by atoms with E-state index in [-0.39, 0.29) is 11.7 Å². The summed E-state index contributed by atoms with van der Waals surface area (Å²) in [7, 11) is 0. The molecule has 3 aliphatic rings. The highest BCUT2D eigenvalue weighted by atomic mass is 16.1.